The Balaban J connectivity index is 2.00. The van der Waals surface area contributed by atoms with Crippen molar-refractivity contribution in [3.63, 3.8) is 0 Å². The summed E-state index contributed by atoms with van der Waals surface area (Å²) in [7, 11) is 0. The SMILES string of the molecule is CC(C)Oc1ccccc1NC(=O)C(C)NC(=O)c1ccc(Br)s1. The number of hydrogen-bond acceptors (Lipinski definition) is 4. The molecule has 0 saturated carbocycles. The molecular weight excluding hydrogens is 392 g/mol. The van der Waals surface area contributed by atoms with Crippen molar-refractivity contribution in [3.8, 4) is 5.75 Å². The van der Waals surface area contributed by atoms with Crippen molar-refractivity contribution >= 4 is 44.8 Å². The zero-order valence-electron chi connectivity index (χ0n) is 13.6. The molecule has 0 aliphatic heterocycles. The van der Waals surface area contributed by atoms with Crippen LogP contribution in [0.2, 0.25) is 0 Å². The van der Waals surface area contributed by atoms with Gasteiger partial charge in [0.05, 0.1) is 20.5 Å². The molecule has 1 aromatic carbocycles. The van der Waals surface area contributed by atoms with E-state index in [2.05, 4.69) is 26.6 Å². The van der Waals surface area contributed by atoms with E-state index in [4.69, 9.17) is 4.74 Å². The standard InChI is InChI=1S/C17H19BrN2O3S/c1-10(2)23-13-7-5-4-6-12(13)20-16(21)11(3)19-17(22)14-8-9-15(18)24-14/h4-11H,1-3H3,(H,19,22)(H,20,21). The number of carbonyl (C=O) groups excluding carboxylic acids is 2. The Bertz CT molecular complexity index is 730. The van der Waals surface area contributed by atoms with Gasteiger partial charge in [0.2, 0.25) is 5.91 Å². The zero-order valence-corrected chi connectivity index (χ0v) is 16.0. The average molecular weight is 411 g/mol. The van der Waals surface area contributed by atoms with Gasteiger partial charge in [-0.3, -0.25) is 9.59 Å². The summed E-state index contributed by atoms with van der Waals surface area (Å²) in [5.74, 6) is 0.0143. The molecule has 1 atom stereocenters. The van der Waals surface area contributed by atoms with Gasteiger partial charge in [0.1, 0.15) is 11.8 Å². The number of hydrogen-bond donors (Lipinski definition) is 2. The molecular formula is C17H19BrN2O3S. The van der Waals surface area contributed by atoms with Gasteiger partial charge < -0.3 is 15.4 Å². The number of benzene rings is 1. The molecule has 0 saturated heterocycles. The largest absolute Gasteiger partial charge is 0.489 e. The number of nitrogens with one attached hydrogen (secondary N) is 2. The van der Waals surface area contributed by atoms with Crippen molar-refractivity contribution in [2.75, 3.05) is 5.32 Å². The van der Waals surface area contributed by atoms with Crippen LogP contribution in [0.25, 0.3) is 0 Å². The van der Waals surface area contributed by atoms with Crippen molar-refractivity contribution < 1.29 is 14.3 Å². The van der Waals surface area contributed by atoms with Gasteiger partial charge in [-0.15, -0.1) is 11.3 Å². The third kappa shape index (κ3) is 5.07. The molecule has 2 rings (SSSR count). The predicted molar refractivity (Wildman–Crippen MR) is 99.8 cm³/mol. The lowest BCUT2D eigenvalue weighted by molar-refractivity contribution is -0.117. The number of carbonyl (C=O) groups is 2. The second-order valence-corrected chi connectivity index (χ2v) is 7.91. The van der Waals surface area contributed by atoms with Crippen molar-refractivity contribution in [2.24, 2.45) is 0 Å². The molecule has 0 aliphatic carbocycles. The molecule has 1 heterocycles. The van der Waals surface area contributed by atoms with Gasteiger partial charge in [0.15, 0.2) is 0 Å². The first-order valence-electron chi connectivity index (χ1n) is 7.49. The van der Waals surface area contributed by atoms with Crippen molar-refractivity contribution in [2.45, 2.75) is 32.9 Å². The van der Waals surface area contributed by atoms with E-state index < -0.39 is 6.04 Å². The van der Waals surface area contributed by atoms with E-state index in [0.29, 0.717) is 16.3 Å². The summed E-state index contributed by atoms with van der Waals surface area (Å²) in [5, 5.41) is 5.48. The molecule has 0 bridgehead atoms. The average Bonchev–Trinajstić information content (AvgIpc) is 2.95. The molecule has 2 aromatic rings. The number of ether oxygens (including phenoxy) is 1. The van der Waals surface area contributed by atoms with Gasteiger partial charge in [-0.05, 0) is 61.0 Å². The number of halogens is 1. The Labute approximate surface area is 153 Å². The second kappa shape index (κ2) is 8.30. The van der Waals surface area contributed by atoms with Crippen LogP contribution in [0.1, 0.15) is 30.4 Å². The van der Waals surface area contributed by atoms with Crippen molar-refractivity contribution in [1.82, 2.24) is 5.32 Å². The van der Waals surface area contributed by atoms with Crippen LogP contribution in [0.5, 0.6) is 5.75 Å². The van der Waals surface area contributed by atoms with Crippen LogP contribution < -0.4 is 15.4 Å². The van der Waals surface area contributed by atoms with Crippen molar-refractivity contribution in [3.05, 3.63) is 45.1 Å². The fraction of sp³-hybridized carbons (Fsp3) is 0.294. The minimum Gasteiger partial charge on any atom is -0.489 e. The minimum atomic E-state index is -0.675. The van der Waals surface area contributed by atoms with Crippen LogP contribution in [0.15, 0.2) is 40.2 Å². The van der Waals surface area contributed by atoms with Gasteiger partial charge in [0.25, 0.3) is 5.91 Å². The highest BCUT2D eigenvalue weighted by Gasteiger charge is 2.19. The fourth-order valence-corrected chi connectivity index (χ4v) is 3.23. The molecule has 128 valence electrons. The topological polar surface area (TPSA) is 67.4 Å². The fourth-order valence-electron chi connectivity index (χ4n) is 1.94. The van der Waals surface area contributed by atoms with Crippen molar-refractivity contribution in [1.29, 1.82) is 0 Å². The summed E-state index contributed by atoms with van der Waals surface area (Å²) in [4.78, 5) is 25.0. The van der Waals surface area contributed by atoms with Crippen LogP contribution >= 0.6 is 27.3 Å². The van der Waals surface area contributed by atoms with Crippen LogP contribution in [0, 0.1) is 0 Å². The van der Waals surface area contributed by atoms with E-state index in [1.807, 2.05) is 26.0 Å². The van der Waals surface area contributed by atoms with Crippen LogP contribution in [0.3, 0.4) is 0 Å². The molecule has 2 amide bonds. The summed E-state index contributed by atoms with van der Waals surface area (Å²) in [6, 6.07) is 10.0. The number of para-hydroxylation sites is 2. The molecule has 5 nitrogen and oxygen atoms in total. The van der Waals surface area contributed by atoms with Gasteiger partial charge in [-0.25, -0.2) is 0 Å². The zero-order chi connectivity index (χ0) is 17.7. The molecule has 0 aliphatic rings. The summed E-state index contributed by atoms with van der Waals surface area (Å²) in [5.41, 5.74) is 0.580. The Morgan fingerprint density at radius 1 is 1.12 bits per heavy atom. The molecule has 1 unspecified atom stereocenters. The van der Waals surface area contributed by atoms with E-state index >= 15 is 0 Å². The van der Waals surface area contributed by atoms with Crippen LogP contribution in [-0.2, 0) is 4.79 Å². The Morgan fingerprint density at radius 3 is 2.46 bits per heavy atom. The quantitative estimate of drug-likeness (QED) is 0.754. The third-order valence-corrected chi connectivity index (χ3v) is 4.67. The smallest absolute Gasteiger partial charge is 0.262 e. The van der Waals surface area contributed by atoms with E-state index in [0.717, 1.165) is 3.79 Å². The number of thiophene rings is 1. The van der Waals surface area contributed by atoms with E-state index in [-0.39, 0.29) is 17.9 Å². The molecule has 24 heavy (non-hydrogen) atoms. The first-order valence-corrected chi connectivity index (χ1v) is 9.10. The first kappa shape index (κ1) is 18.5. The van der Waals surface area contributed by atoms with E-state index in [9.17, 15) is 9.59 Å². The maximum atomic E-state index is 12.3. The van der Waals surface area contributed by atoms with Crippen LogP contribution in [0.4, 0.5) is 5.69 Å². The van der Waals surface area contributed by atoms with E-state index in [1.165, 1.54) is 11.3 Å². The first-order chi connectivity index (χ1) is 11.4. The summed E-state index contributed by atoms with van der Waals surface area (Å²) in [6.07, 6.45) is -0.00236. The second-order valence-electron chi connectivity index (χ2n) is 5.45. The Morgan fingerprint density at radius 2 is 1.83 bits per heavy atom. The van der Waals surface area contributed by atoms with E-state index in [1.54, 1.807) is 31.2 Å². The van der Waals surface area contributed by atoms with Crippen LogP contribution in [-0.4, -0.2) is 24.0 Å². The Hall–Kier alpha value is -1.86. The molecule has 1 aromatic heterocycles. The monoisotopic (exact) mass is 410 g/mol. The van der Waals surface area contributed by atoms with Gasteiger partial charge in [-0.2, -0.15) is 0 Å². The maximum Gasteiger partial charge on any atom is 0.262 e. The molecule has 0 radical (unpaired) electrons. The normalized spacial score (nSPS) is 11.9. The molecule has 0 fully saturated rings. The highest BCUT2D eigenvalue weighted by Crippen LogP contribution is 2.25. The molecule has 2 N–H and O–H groups in total. The maximum absolute atomic E-state index is 12.3. The number of anilines is 1. The summed E-state index contributed by atoms with van der Waals surface area (Å²) >= 11 is 4.63. The number of amides is 2. The highest BCUT2D eigenvalue weighted by atomic mass is 79.9. The highest BCUT2D eigenvalue weighted by molar-refractivity contribution is 9.11. The van der Waals surface area contributed by atoms with Gasteiger partial charge >= 0.3 is 0 Å². The predicted octanol–water partition coefficient (Wildman–Crippen LogP) is 4.05. The lowest BCUT2D eigenvalue weighted by Gasteiger charge is -2.17. The minimum absolute atomic E-state index is 0.00236. The summed E-state index contributed by atoms with van der Waals surface area (Å²) in [6.45, 7) is 5.48. The third-order valence-electron chi connectivity index (χ3n) is 3.05. The van der Waals surface area contributed by atoms with Gasteiger partial charge in [-0.1, -0.05) is 12.1 Å². The molecule has 7 heteroatoms. The molecule has 0 spiro atoms. The Kier molecular flexibility index (Phi) is 6.39. The lowest BCUT2D eigenvalue weighted by Crippen LogP contribution is -2.41. The van der Waals surface area contributed by atoms with Gasteiger partial charge in [0, 0.05) is 0 Å². The summed E-state index contributed by atoms with van der Waals surface area (Å²) < 4.78 is 6.54. The lowest BCUT2D eigenvalue weighted by atomic mass is 10.2. The number of rotatable bonds is 6.